The molecule has 0 amide bonds. The molecule has 4 heteroatoms. The predicted octanol–water partition coefficient (Wildman–Crippen LogP) is 3.84. The van der Waals surface area contributed by atoms with Gasteiger partial charge in [0.25, 0.3) is 0 Å². The molecule has 0 saturated carbocycles. The summed E-state index contributed by atoms with van der Waals surface area (Å²) in [5, 5.41) is 0. The van der Waals surface area contributed by atoms with Gasteiger partial charge in [-0.15, -0.1) is 0 Å². The van der Waals surface area contributed by atoms with Crippen molar-refractivity contribution in [1.82, 2.24) is 0 Å². The number of methoxy groups -OCH3 is 2. The van der Waals surface area contributed by atoms with Crippen molar-refractivity contribution in [2.75, 3.05) is 38.8 Å². The summed E-state index contributed by atoms with van der Waals surface area (Å²) >= 11 is 0. The lowest BCUT2D eigenvalue weighted by Gasteiger charge is -2.22. The van der Waals surface area contributed by atoms with E-state index in [0.29, 0.717) is 6.54 Å². The maximum absolute atomic E-state index is 6.07. The molecule has 25 heavy (non-hydrogen) atoms. The van der Waals surface area contributed by atoms with E-state index in [1.54, 1.807) is 14.2 Å². The first-order valence-corrected chi connectivity index (χ1v) is 8.92. The summed E-state index contributed by atoms with van der Waals surface area (Å²) in [7, 11) is 3.34. The van der Waals surface area contributed by atoms with Gasteiger partial charge in [0.1, 0.15) is 11.5 Å². The fraction of sp³-hybridized carbons (Fsp3) is 0.429. The van der Waals surface area contributed by atoms with Gasteiger partial charge in [-0.25, -0.2) is 0 Å². The molecule has 0 aliphatic heterocycles. The first-order chi connectivity index (χ1) is 12.2. The SMILES string of the molecule is CCN(CC)c1ccc(CC(CN)c2ccc(OC)cc2OC)cc1. The van der Waals surface area contributed by atoms with Crippen LogP contribution < -0.4 is 20.1 Å². The van der Waals surface area contributed by atoms with E-state index in [0.717, 1.165) is 36.6 Å². The van der Waals surface area contributed by atoms with Gasteiger partial charge in [-0.2, -0.15) is 0 Å². The molecule has 1 atom stereocenters. The normalized spacial score (nSPS) is 11.9. The van der Waals surface area contributed by atoms with Gasteiger partial charge in [-0.1, -0.05) is 18.2 Å². The minimum atomic E-state index is 0.208. The highest BCUT2D eigenvalue weighted by Crippen LogP contribution is 2.32. The van der Waals surface area contributed by atoms with E-state index in [4.69, 9.17) is 15.2 Å². The highest BCUT2D eigenvalue weighted by Gasteiger charge is 2.16. The number of rotatable bonds is 9. The second-order valence-corrected chi connectivity index (χ2v) is 6.08. The molecule has 0 aliphatic carbocycles. The Morgan fingerprint density at radius 1 is 0.960 bits per heavy atom. The number of nitrogens with two attached hydrogens (primary N) is 1. The second kappa shape index (κ2) is 9.33. The third-order valence-corrected chi connectivity index (χ3v) is 4.71. The number of hydrogen-bond acceptors (Lipinski definition) is 4. The monoisotopic (exact) mass is 342 g/mol. The Labute approximate surface area is 151 Å². The Kier molecular flexibility index (Phi) is 7.14. The van der Waals surface area contributed by atoms with E-state index >= 15 is 0 Å². The highest BCUT2D eigenvalue weighted by atomic mass is 16.5. The van der Waals surface area contributed by atoms with Gasteiger partial charge in [-0.3, -0.25) is 0 Å². The van der Waals surface area contributed by atoms with Crippen LogP contribution in [-0.4, -0.2) is 33.9 Å². The summed E-state index contributed by atoms with van der Waals surface area (Å²) in [5.74, 6) is 1.83. The number of hydrogen-bond donors (Lipinski definition) is 1. The van der Waals surface area contributed by atoms with Gasteiger partial charge >= 0.3 is 0 Å². The summed E-state index contributed by atoms with van der Waals surface area (Å²) in [6.07, 6.45) is 0.887. The molecule has 2 aromatic carbocycles. The average molecular weight is 342 g/mol. The fourth-order valence-electron chi connectivity index (χ4n) is 3.19. The van der Waals surface area contributed by atoms with Gasteiger partial charge < -0.3 is 20.1 Å². The van der Waals surface area contributed by atoms with Crippen LogP contribution in [0.4, 0.5) is 5.69 Å². The number of anilines is 1. The van der Waals surface area contributed by atoms with Crippen LogP contribution in [0.15, 0.2) is 42.5 Å². The van der Waals surface area contributed by atoms with Crippen LogP contribution in [0.3, 0.4) is 0 Å². The van der Waals surface area contributed by atoms with E-state index in [1.807, 2.05) is 12.1 Å². The van der Waals surface area contributed by atoms with Crippen molar-refractivity contribution < 1.29 is 9.47 Å². The van der Waals surface area contributed by atoms with Crippen molar-refractivity contribution in [3.63, 3.8) is 0 Å². The zero-order chi connectivity index (χ0) is 18.2. The Hall–Kier alpha value is -2.20. The van der Waals surface area contributed by atoms with Crippen LogP contribution in [0, 0.1) is 0 Å². The lowest BCUT2D eigenvalue weighted by molar-refractivity contribution is 0.388. The molecule has 1 unspecified atom stereocenters. The molecular formula is C21H30N2O2. The van der Waals surface area contributed by atoms with Crippen molar-refractivity contribution in [2.24, 2.45) is 5.73 Å². The zero-order valence-corrected chi connectivity index (χ0v) is 15.8. The molecule has 0 aromatic heterocycles. The Morgan fingerprint density at radius 3 is 2.16 bits per heavy atom. The largest absolute Gasteiger partial charge is 0.497 e. The molecule has 0 spiro atoms. The van der Waals surface area contributed by atoms with Crippen molar-refractivity contribution in [3.8, 4) is 11.5 Å². The number of ether oxygens (including phenoxy) is 2. The molecule has 2 rings (SSSR count). The van der Waals surface area contributed by atoms with Gasteiger partial charge in [0.2, 0.25) is 0 Å². The maximum Gasteiger partial charge on any atom is 0.126 e. The molecule has 0 fully saturated rings. The average Bonchev–Trinajstić information content (AvgIpc) is 2.67. The van der Waals surface area contributed by atoms with Crippen molar-refractivity contribution in [2.45, 2.75) is 26.2 Å². The van der Waals surface area contributed by atoms with Crippen molar-refractivity contribution in [1.29, 1.82) is 0 Å². The Bertz CT molecular complexity index is 651. The van der Waals surface area contributed by atoms with E-state index < -0.39 is 0 Å². The van der Waals surface area contributed by atoms with E-state index in [9.17, 15) is 0 Å². The standard InChI is InChI=1S/C21H30N2O2/c1-5-23(6-2)18-9-7-16(8-10-18)13-17(15-22)20-12-11-19(24-3)14-21(20)25-4/h7-12,14,17H,5-6,13,15,22H2,1-4H3. The first-order valence-electron chi connectivity index (χ1n) is 8.92. The van der Waals surface area contributed by atoms with Gasteiger partial charge in [0, 0.05) is 30.8 Å². The molecule has 2 N–H and O–H groups in total. The van der Waals surface area contributed by atoms with E-state index in [-0.39, 0.29) is 5.92 Å². The molecule has 0 bridgehead atoms. The quantitative estimate of drug-likeness (QED) is 0.752. The molecule has 136 valence electrons. The minimum absolute atomic E-state index is 0.208. The van der Waals surface area contributed by atoms with Crippen LogP contribution in [0.2, 0.25) is 0 Å². The third-order valence-electron chi connectivity index (χ3n) is 4.71. The summed E-state index contributed by atoms with van der Waals surface area (Å²) in [6, 6.07) is 14.7. The Balaban J connectivity index is 2.19. The highest BCUT2D eigenvalue weighted by molar-refractivity contribution is 5.48. The van der Waals surface area contributed by atoms with Crippen LogP contribution in [0.5, 0.6) is 11.5 Å². The Morgan fingerprint density at radius 2 is 1.64 bits per heavy atom. The van der Waals surface area contributed by atoms with Gasteiger partial charge in [0.15, 0.2) is 0 Å². The molecule has 0 heterocycles. The van der Waals surface area contributed by atoms with Gasteiger partial charge in [-0.05, 0) is 56.1 Å². The maximum atomic E-state index is 6.07. The lowest BCUT2D eigenvalue weighted by Crippen LogP contribution is -2.21. The number of benzene rings is 2. The summed E-state index contributed by atoms with van der Waals surface area (Å²) in [4.78, 5) is 2.34. The van der Waals surface area contributed by atoms with E-state index in [2.05, 4.69) is 49.1 Å². The smallest absolute Gasteiger partial charge is 0.126 e. The predicted molar refractivity (Wildman–Crippen MR) is 105 cm³/mol. The second-order valence-electron chi connectivity index (χ2n) is 6.08. The van der Waals surface area contributed by atoms with Crippen LogP contribution in [0.25, 0.3) is 0 Å². The third kappa shape index (κ3) is 4.67. The molecule has 4 nitrogen and oxygen atoms in total. The van der Waals surface area contributed by atoms with Crippen LogP contribution in [-0.2, 0) is 6.42 Å². The summed E-state index contributed by atoms with van der Waals surface area (Å²) in [6.45, 7) is 6.96. The topological polar surface area (TPSA) is 47.7 Å². The molecule has 0 radical (unpaired) electrons. The molecule has 2 aromatic rings. The lowest BCUT2D eigenvalue weighted by atomic mass is 9.91. The van der Waals surface area contributed by atoms with Crippen LogP contribution >= 0.6 is 0 Å². The molecule has 0 saturated heterocycles. The summed E-state index contributed by atoms with van der Waals surface area (Å²) < 4.78 is 10.8. The zero-order valence-electron chi connectivity index (χ0n) is 15.8. The molecular weight excluding hydrogens is 312 g/mol. The minimum Gasteiger partial charge on any atom is -0.497 e. The van der Waals surface area contributed by atoms with Crippen molar-refractivity contribution >= 4 is 5.69 Å². The molecule has 0 aliphatic rings. The van der Waals surface area contributed by atoms with Crippen molar-refractivity contribution in [3.05, 3.63) is 53.6 Å². The van der Waals surface area contributed by atoms with E-state index in [1.165, 1.54) is 11.3 Å². The first kappa shape index (κ1) is 19.1. The summed E-state index contributed by atoms with van der Waals surface area (Å²) in [5.41, 5.74) is 9.74. The number of nitrogens with zero attached hydrogens (tertiary/aromatic N) is 1. The van der Waals surface area contributed by atoms with Crippen LogP contribution in [0.1, 0.15) is 30.9 Å². The fourth-order valence-corrected chi connectivity index (χ4v) is 3.19. The van der Waals surface area contributed by atoms with Gasteiger partial charge in [0.05, 0.1) is 14.2 Å².